The summed E-state index contributed by atoms with van der Waals surface area (Å²) >= 11 is 0. The Kier molecular flexibility index (Phi) is 4.04. The summed E-state index contributed by atoms with van der Waals surface area (Å²) < 4.78 is 35.6. The number of methoxy groups -OCH3 is 1. The van der Waals surface area contributed by atoms with Gasteiger partial charge in [-0.15, -0.1) is 0 Å². The third-order valence-electron chi connectivity index (χ3n) is 5.22. The molecule has 0 N–H and O–H groups in total. The summed E-state index contributed by atoms with van der Waals surface area (Å²) in [6.07, 6.45) is 0.712. The fourth-order valence-electron chi connectivity index (χ4n) is 3.82. The molecule has 3 aromatic rings. The predicted octanol–water partition coefficient (Wildman–Crippen LogP) is 3.24. The minimum Gasteiger partial charge on any atom is -0.495 e. The van der Waals surface area contributed by atoms with E-state index in [1.54, 1.807) is 16.4 Å². The number of nitrogens with zero attached hydrogens (tertiary/aromatic N) is 2. The van der Waals surface area contributed by atoms with Crippen LogP contribution in [0, 0.1) is 6.92 Å². The summed E-state index contributed by atoms with van der Waals surface area (Å²) in [5.41, 5.74) is 4.36. The Labute approximate surface area is 153 Å². The monoisotopic (exact) mass is 370 g/mol. The molecule has 1 aromatic heterocycles. The van der Waals surface area contributed by atoms with E-state index in [0.29, 0.717) is 25.3 Å². The zero-order chi connectivity index (χ0) is 18.5. The molecule has 0 aliphatic carbocycles. The Hall–Kier alpha value is -2.31. The molecule has 1 aliphatic rings. The van der Waals surface area contributed by atoms with Crippen molar-refractivity contribution in [1.82, 2.24) is 8.87 Å². The molecular weight excluding hydrogens is 348 g/mol. The van der Waals surface area contributed by atoms with Crippen LogP contribution in [0.25, 0.3) is 10.9 Å². The number of benzene rings is 2. The number of hydrogen-bond donors (Lipinski definition) is 0. The van der Waals surface area contributed by atoms with Crippen LogP contribution in [0.1, 0.15) is 16.8 Å². The van der Waals surface area contributed by atoms with E-state index in [2.05, 4.69) is 16.7 Å². The number of para-hydroxylation sites is 1. The minimum absolute atomic E-state index is 0.238. The summed E-state index contributed by atoms with van der Waals surface area (Å²) in [5.74, 6) is 0.387. The quantitative estimate of drug-likeness (QED) is 0.711. The van der Waals surface area contributed by atoms with E-state index in [0.717, 1.165) is 16.8 Å². The van der Waals surface area contributed by atoms with E-state index in [9.17, 15) is 8.42 Å². The maximum absolute atomic E-state index is 13.3. The number of sulfonamides is 1. The van der Waals surface area contributed by atoms with Crippen LogP contribution in [0.15, 0.2) is 47.4 Å². The summed E-state index contributed by atoms with van der Waals surface area (Å²) in [7, 11) is -0.123. The Balaban J connectivity index is 1.78. The van der Waals surface area contributed by atoms with Gasteiger partial charge in [0, 0.05) is 30.2 Å². The molecule has 0 radical (unpaired) electrons. The number of hydrogen-bond acceptors (Lipinski definition) is 3. The SMILES string of the molecule is COc1ccc(C)cc1S(=O)(=O)N1CCc2c(n(C)c3ccccc23)C1. The van der Waals surface area contributed by atoms with Crippen molar-refractivity contribution in [3.8, 4) is 5.75 Å². The van der Waals surface area contributed by atoms with Gasteiger partial charge in [-0.3, -0.25) is 0 Å². The highest BCUT2D eigenvalue weighted by atomic mass is 32.2. The topological polar surface area (TPSA) is 51.5 Å². The Morgan fingerprint density at radius 3 is 2.65 bits per heavy atom. The molecule has 0 fully saturated rings. The molecule has 0 saturated carbocycles. The van der Waals surface area contributed by atoms with Gasteiger partial charge in [0.05, 0.1) is 13.7 Å². The molecule has 136 valence electrons. The lowest BCUT2D eigenvalue weighted by molar-refractivity contribution is 0.372. The number of ether oxygens (including phenoxy) is 1. The van der Waals surface area contributed by atoms with Gasteiger partial charge in [0.1, 0.15) is 10.6 Å². The molecule has 2 aromatic carbocycles. The first-order valence-corrected chi connectivity index (χ1v) is 10.1. The van der Waals surface area contributed by atoms with Crippen molar-refractivity contribution in [2.45, 2.75) is 24.8 Å². The highest BCUT2D eigenvalue weighted by Crippen LogP contribution is 2.34. The van der Waals surface area contributed by atoms with Crippen LogP contribution in [0.5, 0.6) is 5.75 Å². The standard InChI is InChI=1S/C20H22N2O3S/c1-14-8-9-19(25-3)20(12-14)26(23,24)22-11-10-16-15-6-4-5-7-17(15)21(2)18(16)13-22/h4-9,12H,10-11,13H2,1-3H3. The maximum Gasteiger partial charge on any atom is 0.247 e. The number of aryl methyl sites for hydroxylation is 2. The lowest BCUT2D eigenvalue weighted by Crippen LogP contribution is -2.36. The number of fused-ring (bicyclic) bond motifs is 3. The molecule has 6 heteroatoms. The summed E-state index contributed by atoms with van der Waals surface area (Å²) in [4.78, 5) is 0.238. The second-order valence-corrected chi connectivity index (χ2v) is 8.65. The molecule has 26 heavy (non-hydrogen) atoms. The van der Waals surface area contributed by atoms with Crippen molar-refractivity contribution in [2.24, 2.45) is 7.05 Å². The molecule has 0 spiro atoms. The van der Waals surface area contributed by atoms with Gasteiger partial charge in [0.15, 0.2) is 0 Å². The van der Waals surface area contributed by atoms with E-state index < -0.39 is 10.0 Å². The minimum atomic E-state index is -3.63. The van der Waals surface area contributed by atoms with E-state index in [4.69, 9.17) is 4.74 Å². The predicted molar refractivity (Wildman–Crippen MR) is 102 cm³/mol. The summed E-state index contributed by atoms with van der Waals surface area (Å²) in [5, 5.41) is 1.22. The highest BCUT2D eigenvalue weighted by Gasteiger charge is 2.33. The molecule has 0 atom stereocenters. The number of aromatic nitrogens is 1. The Morgan fingerprint density at radius 2 is 1.88 bits per heavy atom. The molecular formula is C20H22N2O3S. The third kappa shape index (κ3) is 2.52. The molecule has 0 unspecified atom stereocenters. The first kappa shape index (κ1) is 17.1. The lowest BCUT2D eigenvalue weighted by Gasteiger charge is -2.28. The number of rotatable bonds is 3. The van der Waals surface area contributed by atoms with Crippen LogP contribution >= 0.6 is 0 Å². The van der Waals surface area contributed by atoms with E-state index in [1.807, 2.05) is 32.2 Å². The van der Waals surface area contributed by atoms with Crippen molar-refractivity contribution >= 4 is 20.9 Å². The molecule has 0 bridgehead atoms. The van der Waals surface area contributed by atoms with Gasteiger partial charge >= 0.3 is 0 Å². The van der Waals surface area contributed by atoms with Crippen LogP contribution in [0.3, 0.4) is 0 Å². The third-order valence-corrected chi connectivity index (χ3v) is 7.08. The van der Waals surface area contributed by atoms with Crippen LogP contribution in [-0.2, 0) is 30.0 Å². The van der Waals surface area contributed by atoms with Gasteiger partial charge in [0.25, 0.3) is 0 Å². The normalized spacial score (nSPS) is 15.2. The molecule has 2 heterocycles. The molecule has 1 aliphatic heterocycles. The average Bonchev–Trinajstić information content (AvgIpc) is 2.94. The van der Waals surface area contributed by atoms with Crippen LogP contribution in [-0.4, -0.2) is 30.9 Å². The molecule has 0 amide bonds. The average molecular weight is 370 g/mol. The smallest absolute Gasteiger partial charge is 0.247 e. The zero-order valence-corrected chi connectivity index (χ0v) is 16.0. The molecule has 5 nitrogen and oxygen atoms in total. The first-order valence-electron chi connectivity index (χ1n) is 8.63. The fourth-order valence-corrected chi connectivity index (χ4v) is 5.46. The Morgan fingerprint density at radius 1 is 1.12 bits per heavy atom. The fraction of sp³-hybridized carbons (Fsp3) is 0.300. The van der Waals surface area contributed by atoms with Crippen molar-refractivity contribution in [3.63, 3.8) is 0 Å². The second-order valence-electron chi connectivity index (χ2n) is 6.74. The first-order chi connectivity index (χ1) is 12.4. The van der Waals surface area contributed by atoms with Gasteiger partial charge in [-0.25, -0.2) is 8.42 Å². The van der Waals surface area contributed by atoms with Crippen molar-refractivity contribution in [2.75, 3.05) is 13.7 Å². The van der Waals surface area contributed by atoms with E-state index in [-0.39, 0.29) is 4.90 Å². The van der Waals surface area contributed by atoms with Crippen LogP contribution < -0.4 is 4.74 Å². The molecule has 0 saturated heterocycles. The summed E-state index contributed by atoms with van der Waals surface area (Å²) in [6, 6.07) is 13.5. The summed E-state index contributed by atoms with van der Waals surface area (Å²) in [6.45, 7) is 2.73. The zero-order valence-electron chi connectivity index (χ0n) is 15.2. The lowest BCUT2D eigenvalue weighted by atomic mass is 10.1. The Bertz CT molecular complexity index is 1100. The highest BCUT2D eigenvalue weighted by molar-refractivity contribution is 7.89. The van der Waals surface area contributed by atoms with Crippen molar-refractivity contribution < 1.29 is 13.2 Å². The van der Waals surface area contributed by atoms with Gasteiger partial charge in [-0.2, -0.15) is 4.31 Å². The van der Waals surface area contributed by atoms with Gasteiger partial charge in [-0.1, -0.05) is 24.3 Å². The van der Waals surface area contributed by atoms with Gasteiger partial charge in [-0.05, 0) is 42.7 Å². The van der Waals surface area contributed by atoms with E-state index >= 15 is 0 Å². The molecule has 4 rings (SSSR count). The maximum atomic E-state index is 13.3. The van der Waals surface area contributed by atoms with Crippen molar-refractivity contribution in [1.29, 1.82) is 0 Å². The van der Waals surface area contributed by atoms with E-state index in [1.165, 1.54) is 18.1 Å². The van der Waals surface area contributed by atoms with Crippen molar-refractivity contribution in [3.05, 3.63) is 59.3 Å². The van der Waals surface area contributed by atoms with Crippen LogP contribution in [0.2, 0.25) is 0 Å². The second kappa shape index (κ2) is 6.14. The largest absolute Gasteiger partial charge is 0.495 e. The van der Waals surface area contributed by atoms with Gasteiger partial charge < -0.3 is 9.30 Å². The van der Waals surface area contributed by atoms with Gasteiger partial charge in [0.2, 0.25) is 10.0 Å². The van der Waals surface area contributed by atoms with Crippen LogP contribution in [0.4, 0.5) is 0 Å².